The Labute approximate surface area is 450 Å². The average Bonchev–Trinajstić information content (AvgIpc) is 3.38. The zero-order valence-electron chi connectivity index (χ0n) is 48.7. The second kappa shape index (κ2) is 61.9. The summed E-state index contributed by atoms with van der Waals surface area (Å²) in [5.74, 6) is -0.0258. The molecule has 0 spiro atoms. The molecule has 6 heteroatoms. The van der Waals surface area contributed by atoms with Gasteiger partial charge < -0.3 is 20.3 Å². The first-order chi connectivity index (χ1) is 35.5. The van der Waals surface area contributed by atoms with Crippen LogP contribution in [-0.2, 0) is 14.3 Å². The highest BCUT2D eigenvalue weighted by Gasteiger charge is 2.20. The van der Waals surface area contributed by atoms with Crippen molar-refractivity contribution in [3.63, 3.8) is 0 Å². The number of hydrogen-bond donors (Lipinski definition) is 3. The number of hydrogen-bond acceptors (Lipinski definition) is 5. The van der Waals surface area contributed by atoms with E-state index in [1.165, 1.54) is 283 Å². The van der Waals surface area contributed by atoms with E-state index in [9.17, 15) is 19.8 Å². The Bertz CT molecular complexity index is 1120. The van der Waals surface area contributed by atoms with Gasteiger partial charge in [0.05, 0.1) is 25.4 Å². The Hall–Kier alpha value is -1.66. The number of unbranched alkanes of at least 4 members (excludes halogenated alkanes) is 46. The third kappa shape index (κ3) is 57.6. The summed E-state index contributed by atoms with van der Waals surface area (Å²) < 4.78 is 5.49. The van der Waals surface area contributed by atoms with Crippen LogP contribution in [0.4, 0.5) is 0 Å². The highest BCUT2D eigenvalue weighted by atomic mass is 16.5. The van der Waals surface area contributed by atoms with Crippen molar-refractivity contribution in [2.24, 2.45) is 0 Å². The van der Waals surface area contributed by atoms with Crippen LogP contribution in [0.25, 0.3) is 0 Å². The molecule has 2 atom stereocenters. The maximum atomic E-state index is 12.5. The van der Waals surface area contributed by atoms with Gasteiger partial charge in [-0.25, -0.2) is 0 Å². The summed E-state index contributed by atoms with van der Waals surface area (Å²) in [4.78, 5) is 24.5. The van der Waals surface area contributed by atoms with Gasteiger partial charge in [0.15, 0.2) is 0 Å². The second-order valence-corrected chi connectivity index (χ2v) is 22.4. The molecular formula is C66H127NO5. The van der Waals surface area contributed by atoms with Gasteiger partial charge in [0.1, 0.15) is 0 Å². The molecular weight excluding hydrogens is 887 g/mol. The average molecular weight is 1010 g/mol. The van der Waals surface area contributed by atoms with Crippen LogP contribution in [0.2, 0.25) is 0 Å². The number of carbonyl (C=O) groups is 2. The lowest BCUT2D eigenvalue weighted by atomic mass is 10.0. The van der Waals surface area contributed by atoms with Gasteiger partial charge in [-0.2, -0.15) is 0 Å². The van der Waals surface area contributed by atoms with Gasteiger partial charge in [0.2, 0.25) is 5.91 Å². The number of nitrogens with one attached hydrogen (secondary N) is 1. The Morgan fingerprint density at radius 2 is 0.653 bits per heavy atom. The third-order valence-corrected chi connectivity index (χ3v) is 15.2. The van der Waals surface area contributed by atoms with E-state index in [-0.39, 0.29) is 18.5 Å². The van der Waals surface area contributed by atoms with E-state index in [0.717, 1.165) is 44.9 Å². The van der Waals surface area contributed by atoms with Crippen LogP contribution in [0.15, 0.2) is 24.3 Å². The number of amides is 1. The van der Waals surface area contributed by atoms with E-state index < -0.39 is 12.1 Å². The molecule has 0 radical (unpaired) electrons. The number of esters is 1. The van der Waals surface area contributed by atoms with Crippen molar-refractivity contribution < 1.29 is 24.5 Å². The summed E-state index contributed by atoms with van der Waals surface area (Å²) in [6, 6.07) is -0.540. The van der Waals surface area contributed by atoms with Gasteiger partial charge in [-0.3, -0.25) is 9.59 Å². The number of carbonyl (C=O) groups excluding carboxylic acids is 2. The van der Waals surface area contributed by atoms with Crippen LogP contribution in [0.3, 0.4) is 0 Å². The molecule has 1 amide bonds. The summed E-state index contributed by atoms with van der Waals surface area (Å²) in [6.45, 7) is 4.96. The topological polar surface area (TPSA) is 95.9 Å². The summed E-state index contributed by atoms with van der Waals surface area (Å²) in [6.07, 6.45) is 76.4. The quantitative estimate of drug-likeness (QED) is 0.0320. The predicted molar refractivity (Wildman–Crippen MR) is 315 cm³/mol. The minimum Gasteiger partial charge on any atom is -0.466 e. The fourth-order valence-corrected chi connectivity index (χ4v) is 10.2. The molecule has 0 aromatic carbocycles. The lowest BCUT2D eigenvalue weighted by Crippen LogP contribution is -2.45. The SMILES string of the molecule is CCCCCCCC/C=C\CCCCCCCC(=O)OCCCCCCCCCCCCCC/C=C\CCCCCCCCCCCCCCC(=O)NC(CO)C(O)CCCCCCCCCCCCCC. The van der Waals surface area contributed by atoms with Crippen LogP contribution in [0, 0.1) is 0 Å². The fraction of sp³-hybridized carbons (Fsp3) is 0.909. The zero-order valence-corrected chi connectivity index (χ0v) is 48.7. The molecule has 6 nitrogen and oxygen atoms in total. The number of aliphatic hydroxyl groups is 2. The van der Waals surface area contributed by atoms with E-state index in [1.807, 2.05) is 0 Å². The molecule has 0 aliphatic rings. The van der Waals surface area contributed by atoms with Gasteiger partial charge in [0, 0.05) is 12.8 Å². The molecule has 0 aromatic rings. The summed E-state index contributed by atoms with van der Waals surface area (Å²) >= 11 is 0. The number of ether oxygens (including phenoxy) is 1. The largest absolute Gasteiger partial charge is 0.466 e. The van der Waals surface area contributed by atoms with Crippen LogP contribution >= 0.6 is 0 Å². The van der Waals surface area contributed by atoms with E-state index in [1.54, 1.807) is 0 Å². The van der Waals surface area contributed by atoms with E-state index in [2.05, 4.69) is 43.5 Å². The molecule has 2 unspecified atom stereocenters. The summed E-state index contributed by atoms with van der Waals surface area (Å²) in [7, 11) is 0. The molecule has 0 saturated heterocycles. The van der Waals surface area contributed by atoms with Crippen molar-refractivity contribution in [2.75, 3.05) is 13.2 Å². The number of aliphatic hydroxyl groups excluding tert-OH is 2. The van der Waals surface area contributed by atoms with Crippen LogP contribution in [0.1, 0.15) is 361 Å². The standard InChI is InChI=1S/C66H127NO5/c1-3-5-7-9-11-13-15-17-32-36-40-44-48-52-56-60-66(71)72-61-57-53-49-45-41-37-34-31-29-27-25-23-21-19-18-20-22-24-26-28-30-33-35-39-43-47-51-55-59-65(70)67-63(62-68)64(69)58-54-50-46-42-38-16-14-12-10-8-6-4-2/h17-19,32,63-64,68-69H,3-16,20-31,33-62H2,1-2H3,(H,67,70)/b19-18-,32-17-. The number of rotatable bonds is 61. The van der Waals surface area contributed by atoms with Gasteiger partial charge in [-0.1, -0.05) is 295 Å². The fourth-order valence-electron chi connectivity index (χ4n) is 10.2. The first kappa shape index (κ1) is 70.3. The van der Waals surface area contributed by atoms with Gasteiger partial charge >= 0.3 is 5.97 Å². The highest BCUT2D eigenvalue weighted by molar-refractivity contribution is 5.76. The van der Waals surface area contributed by atoms with Gasteiger partial charge in [-0.15, -0.1) is 0 Å². The monoisotopic (exact) mass is 1010 g/mol. The molecule has 72 heavy (non-hydrogen) atoms. The van der Waals surface area contributed by atoms with Crippen molar-refractivity contribution in [1.29, 1.82) is 0 Å². The molecule has 3 N–H and O–H groups in total. The molecule has 0 rings (SSSR count). The Morgan fingerprint density at radius 1 is 0.375 bits per heavy atom. The Kier molecular flexibility index (Phi) is 60.5. The van der Waals surface area contributed by atoms with Crippen molar-refractivity contribution in [3.05, 3.63) is 24.3 Å². The molecule has 0 aliphatic carbocycles. The van der Waals surface area contributed by atoms with Crippen LogP contribution < -0.4 is 5.32 Å². The summed E-state index contributed by atoms with van der Waals surface area (Å²) in [5, 5.41) is 23.2. The number of allylic oxidation sites excluding steroid dienone is 4. The van der Waals surface area contributed by atoms with Crippen LogP contribution in [0.5, 0.6) is 0 Å². The van der Waals surface area contributed by atoms with Crippen molar-refractivity contribution in [1.82, 2.24) is 5.32 Å². The normalized spacial score (nSPS) is 12.7. The van der Waals surface area contributed by atoms with Gasteiger partial charge in [0.25, 0.3) is 0 Å². The summed E-state index contributed by atoms with van der Waals surface area (Å²) in [5.41, 5.74) is 0. The van der Waals surface area contributed by atoms with E-state index in [0.29, 0.717) is 25.9 Å². The van der Waals surface area contributed by atoms with E-state index in [4.69, 9.17) is 4.74 Å². The predicted octanol–water partition coefficient (Wildman–Crippen LogP) is 20.6. The molecule has 0 aliphatic heterocycles. The minimum atomic E-state index is -0.663. The Balaban J connectivity index is 3.36. The second-order valence-electron chi connectivity index (χ2n) is 22.4. The maximum Gasteiger partial charge on any atom is 0.305 e. The van der Waals surface area contributed by atoms with Crippen LogP contribution in [-0.4, -0.2) is 47.4 Å². The Morgan fingerprint density at radius 3 is 0.986 bits per heavy atom. The highest BCUT2D eigenvalue weighted by Crippen LogP contribution is 2.18. The lowest BCUT2D eigenvalue weighted by Gasteiger charge is -2.22. The van der Waals surface area contributed by atoms with Gasteiger partial charge in [-0.05, 0) is 77.0 Å². The molecule has 0 aromatic heterocycles. The molecule has 0 heterocycles. The maximum absolute atomic E-state index is 12.5. The smallest absolute Gasteiger partial charge is 0.305 e. The van der Waals surface area contributed by atoms with Crippen molar-refractivity contribution in [3.8, 4) is 0 Å². The lowest BCUT2D eigenvalue weighted by molar-refractivity contribution is -0.143. The van der Waals surface area contributed by atoms with Crippen molar-refractivity contribution in [2.45, 2.75) is 373 Å². The van der Waals surface area contributed by atoms with Crippen molar-refractivity contribution >= 4 is 11.9 Å². The first-order valence-electron chi connectivity index (χ1n) is 32.6. The van der Waals surface area contributed by atoms with E-state index >= 15 is 0 Å². The molecule has 0 fully saturated rings. The molecule has 426 valence electrons. The minimum absolute atomic E-state index is 0.00825. The molecule has 0 bridgehead atoms. The zero-order chi connectivity index (χ0) is 52.2. The molecule has 0 saturated carbocycles. The third-order valence-electron chi connectivity index (χ3n) is 15.2. The first-order valence-corrected chi connectivity index (χ1v) is 32.6.